The molecule has 0 amide bonds. The van der Waals surface area contributed by atoms with Gasteiger partial charge in [-0.05, 0) is 39.1 Å². The predicted molar refractivity (Wildman–Crippen MR) is 66.2 cm³/mol. The molecular formula is C13H16N2O2. The lowest BCUT2D eigenvalue weighted by molar-refractivity contribution is 0.0889. The second-order valence-electron chi connectivity index (χ2n) is 4.62. The molecule has 2 aromatic rings. The van der Waals surface area contributed by atoms with E-state index in [4.69, 9.17) is 4.42 Å². The Bertz CT molecular complexity index is 570. The van der Waals surface area contributed by atoms with Crippen LogP contribution in [0.25, 0.3) is 11.1 Å². The summed E-state index contributed by atoms with van der Waals surface area (Å²) in [5, 5.41) is 3.00. The maximum Gasteiger partial charge on any atom is 0.192 e. The second-order valence-corrected chi connectivity index (χ2v) is 4.62. The third kappa shape index (κ3) is 2.08. The molecule has 90 valence electrons. The number of nitrogens with one attached hydrogen (secondary N) is 1. The Balaban J connectivity index is 2.46. The monoisotopic (exact) mass is 232 g/mol. The first-order valence-electron chi connectivity index (χ1n) is 5.55. The van der Waals surface area contributed by atoms with Crippen molar-refractivity contribution in [3.05, 3.63) is 29.7 Å². The van der Waals surface area contributed by atoms with Gasteiger partial charge in [-0.1, -0.05) is 0 Å². The van der Waals surface area contributed by atoms with Crippen LogP contribution in [0.5, 0.6) is 0 Å². The highest BCUT2D eigenvalue weighted by molar-refractivity contribution is 6.04. The fraction of sp³-hybridized carbons (Fsp3) is 0.385. The van der Waals surface area contributed by atoms with Gasteiger partial charge in [-0.25, -0.2) is 4.98 Å². The van der Waals surface area contributed by atoms with Gasteiger partial charge in [-0.15, -0.1) is 0 Å². The van der Waals surface area contributed by atoms with Crippen molar-refractivity contribution < 1.29 is 9.21 Å². The van der Waals surface area contributed by atoms with Crippen LogP contribution in [0.4, 0.5) is 0 Å². The van der Waals surface area contributed by atoms with E-state index in [9.17, 15) is 4.79 Å². The first-order valence-corrected chi connectivity index (χ1v) is 5.55. The zero-order valence-corrected chi connectivity index (χ0v) is 10.5. The van der Waals surface area contributed by atoms with Crippen LogP contribution in [-0.2, 0) is 0 Å². The summed E-state index contributed by atoms with van der Waals surface area (Å²) < 4.78 is 5.38. The van der Waals surface area contributed by atoms with Gasteiger partial charge in [0.2, 0.25) is 0 Å². The number of benzene rings is 1. The van der Waals surface area contributed by atoms with Crippen molar-refractivity contribution in [3.8, 4) is 0 Å². The number of nitrogens with zero attached hydrogens (tertiary/aromatic N) is 1. The van der Waals surface area contributed by atoms with Gasteiger partial charge in [0.25, 0.3) is 0 Å². The van der Waals surface area contributed by atoms with Gasteiger partial charge in [0.15, 0.2) is 17.3 Å². The van der Waals surface area contributed by atoms with Crippen LogP contribution < -0.4 is 5.32 Å². The summed E-state index contributed by atoms with van der Waals surface area (Å²) in [4.78, 5) is 16.5. The molecule has 0 aliphatic heterocycles. The number of carbonyl (C=O) groups is 1. The van der Waals surface area contributed by atoms with Crippen molar-refractivity contribution in [2.24, 2.45) is 0 Å². The molecule has 1 aromatic heterocycles. The van der Waals surface area contributed by atoms with Crippen molar-refractivity contribution in [2.75, 3.05) is 7.05 Å². The number of ketones is 1. The topological polar surface area (TPSA) is 55.1 Å². The Kier molecular flexibility index (Phi) is 2.75. The Labute approximate surface area is 100 Å². The van der Waals surface area contributed by atoms with Gasteiger partial charge in [0.05, 0.1) is 5.54 Å². The highest BCUT2D eigenvalue weighted by atomic mass is 16.3. The Morgan fingerprint density at radius 1 is 1.41 bits per heavy atom. The van der Waals surface area contributed by atoms with Crippen molar-refractivity contribution >= 4 is 16.9 Å². The molecule has 0 bridgehead atoms. The summed E-state index contributed by atoms with van der Waals surface area (Å²) in [5.74, 6) is 0.653. The minimum atomic E-state index is -0.577. The zero-order valence-electron chi connectivity index (χ0n) is 10.5. The van der Waals surface area contributed by atoms with Crippen molar-refractivity contribution in [3.63, 3.8) is 0 Å². The molecule has 1 heterocycles. The van der Waals surface area contributed by atoms with Crippen LogP contribution in [0.2, 0.25) is 0 Å². The molecule has 0 aliphatic rings. The highest BCUT2D eigenvalue weighted by Gasteiger charge is 2.26. The summed E-state index contributed by atoms with van der Waals surface area (Å²) in [6.07, 6.45) is 0. The molecule has 0 aliphatic carbocycles. The van der Waals surface area contributed by atoms with Crippen LogP contribution in [0.15, 0.2) is 22.6 Å². The third-order valence-electron chi connectivity index (χ3n) is 2.95. The average Bonchev–Trinajstić information content (AvgIpc) is 2.66. The molecule has 1 aromatic carbocycles. The van der Waals surface area contributed by atoms with Crippen LogP contribution in [0.1, 0.15) is 30.1 Å². The number of carbonyl (C=O) groups excluding carboxylic acids is 1. The zero-order chi connectivity index (χ0) is 12.6. The lowest BCUT2D eigenvalue weighted by Crippen LogP contribution is -2.44. The third-order valence-corrected chi connectivity index (χ3v) is 2.95. The first kappa shape index (κ1) is 11.8. The van der Waals surface area contributed by atoms with E-state index in [1.54, 1.807) is 32.2 Å². The number of aromatic nitrogens is 1. The van der Waals surface area contributed by atoms with Crippen LogP contribution in [0, 0.1) is 6.92 Å². The lowest BCUT2D eigenvalue weighted by Gasteiger charge is -2.22. The number of hydrogen-bond donors (Lipinski definition) is 1. The number of hydrogen-bond acceptors (Lipinski definition) is 4. The van der Waals surface area contributed by atoms with E-state index < -0.39 is 5.54 Å². The van der Waals surface area contributed by atoms with Gasteiger partial charge in [0.1, 0.15) is 5.52 Å². The number of Topliss-reactive ketones (excluding diaryl/α,β-unsaturated/α-hetero) is 1. The van der Waals surface area contributed by atoms with E-state index >= 15 is 0 Å². The first-order chi connectivity index (χ1) is 7.94. The summed E-state index contributed by atoms with van der Waals surface area (Å²) in [6, 6.07) is 5.33. The molecule has 2 rings (SSSR count). The number of aryl methyl sites for hydroxylation is 1. The normalized spacial score (nSPS) is 12.0. The van der Waals surface area contributed by atoms with Crippen LogP contribution >= 0.6 is 0 Å². The molecule has 1 N–H and O–H groups in total. The van der Waals surface area contributed by atoms with E-state index in [1.165, 1.54) is 0 Å². The lowest BCUT2D eigenvalue weighted by atomic mass is 9.93. The van der Waals surface area contributed by atoms with Gasteiger partial charge in [-0.3, -0.25) is 4.79 Å². The van der Waals surface area contributed by atoms with Gasteiger partial charge < -0.3 is 9.73 Å². The molecule has 4 heteroatoms. The SMILES string of the molecule is CNC(C)(C)C(=O)c1ccc2oc(C)nc2c1. The van der Waals surface area contributed by atoms with E-state index in [0.717, 1.165) is 5.52 Å². The van der Waals surface area contributed by atoms with Gasteiger partial charge >= 0.3 is 0 Å². The number of oxazole rings is 1. The van der Waals surface area contributed by atoms with E-state index in [0.29, 0.717) is 17.0 Å². The molecular weight excluding hydrogens is 216 g/mol. The molecule has 0 saturated heterocycles. The molecule has 0 spiro atoms. The maximum atomic E-state index is 12.2. The number of rotatable bonds is 3. The van der Waals surface area contributed by atoms with Crippen molar-refractivity contribution in [1.82, 2.24) is 10.3 Å². The van der Waals surface area contributed by atoms with Crippen LogP contribution in [0.3, 0.4) is 0 Å². The molecule has 0 atom stereocenters. The van der Waals surface area contributed by atoms with E-state index in [2.05, 4.69) is 10.3 Å². The number of likely N-dealkylation sites (N-methyl/N-ethyl adjacent to an activating group) is 1. The van der Waals surface area contributed by atoms with Crippen molar-refractivity contribution in [2.45, 2.75) is 26.3 Å². The smallest absolute Gasteiger partial charge is 0.192 e. The fourth-order valence-electron chi connectivity index (χ4n) is 1.66. The molecule has 0 radical (unpaired) electrons. The molecule has 17 heavy (non-hydrogen) atoms. The molecule has 4 nitrogen and oxygen atoms in total. The summed E-state index contributed by atoms with van der Waals surface area (Å²) in [6.45, 7) is 5.50. The Morgan fingerprint density at radius 2 is 2.12 bits per heavy atom. The summed E-state index contributed by atoms with van der Waals surface area (Å²) in [5.41, 5.74) is 1.50. The highest BCUT2D eigenvalue weighted by Crippen LogP contribution is 2.19. The van der Waals surface area contributed by atoms with Crippen molar-refractivity contribution in [1.29, 1.82) is 0 Å². The Hall–Kier alpha value is -1.68. The Morgan fingerprint density at radius 3 is 2.76 bits per heavy atom. The molecule has 0 unspecified atom stereocenters. The van der Waals surface area contributed by atoms with E-state index in [1.807, 2.05) is 13.8 Å². The summed E-state index contributed by atoms with van der Waals surface area (Å²) in [7, 11) is 1.77. The fourth-order valence-corrected chi connectivity index (χ4v) is 1.66. The minimum Gasteiger partial charge on any atom is -0.441 e. The molecule has 0 fully saturated rings. The van der Waals surface area contributed by atoms with Gasteiger partial charge in [0, 0.05) is 12.5 Å². The molecule has 0 saturated carbocycles. The number of fused-ring (bicyclic) bond motifs is 1. The average molecular weight is 232 g/mol. The largest absolute Gasteiger partial charge is 0.441 e. The maximum absolute atomic E-state index is 12.2. The van der Waals surface area contributed by atoms with Crippen LogP contribution in [-0.4, -0.2) is 23.4 Å². The van der Waals surface area contributed by atoms with E-state index in [-0.39, 0.29) is 5.78 Å². The quantitative estimate of drug-likeness (QED) is 0.825. The minimum absolute atomic E-state index is 0.0440. The predicted octanol–water partition coefficient (Wildman–Crippen LogP) is 2.32. The summed E-state index contributed by atoms with van der Waals surface area (Å²) >= 11 is 0. The standard InChI is InChI=1S/C13H16N2O2/c1-8-15-10-7-9(5-6-11(10)17-8)12(16)13(2,3)14-4/h5-7,14H,1-4H3. The van der Waals surface area contributed by atoms with Gasteiger partial charge in [-0.2, -0.15) is 0 Å². The second kappa shape index (κ2) is 3.96.